The summed E-state index contributed by atoms with van der Waals surface area (Å²) in [6, 6.07) is 10.4. The van der Waals surface area contributed by atoms with Crippen LogP contribution in [-0.2, 0) is 12.8 Å². The van der Waals surface area contributed by atoms with Crippen LogP contribution in [0.5, 0.6) is 0 Å². The van der Waals surface area contributed by atoms with E-state index in [4.69, 9.17) is 0 Å². The van der Waals surface area contributed by atoms with Crippen molar-refractivity contribution in [1.29, 1.82) is 0 Å². The monoisotopic (exact) mass is 288 g/mol. The Morgan fingerprint density at radius 3 is 2.19 bits per heavy atom. The molecule has 21 heavy (non-hydrogen) atoms. The number of hydrogen-bond acceptors (Lipinski definition) is 3. The Morgan fingerprint density at radius 2 is 1.57 bits per heavy atom. The molecule has 100 valence electrons. The van der Waals surface area contributed by atoms with E-state index < -0.39 is 5.97 Å². The minimum absolute atomic E-state index is 0. The maximum Gasteiger partial charge on any atom is 1.00 e. The second-order valence-corrected chi connectivity index (χ2v) is 5.15. The predicted molar refractivity (Wildman–Crippen MR) is 72.8 cm³/mol. The first kappa shape index (κ1) is 16.0. The van der Waals surface area contributed by atoms with Crippen LogP contribution in [0.25, 0.3) is 0 Å². The summed E-state index contributed by atoms with van der Waals surface area (Å²) in [5.74, 6) is -1.24. The van der Waals surface area contributed by atoms with Crippen molar-refractivity contribution in [2.24, 2.45) is 0 Å². The van der Waals surface area contributed by atoms with Gasteiger partial charge in [-0.1, -0.05) is 35.9 Å². The molecule has 0 N–H and O–H groups in total. The first-order valence-electron chi connectivity index (χ1n) is 6.55. The first-order chi connectivity index (χ1) is 9.56. The number of carbonyl (C=O) groups excluding carboxylic acids is 2. The van der Waals surface area contributed by atoms with Gasteiger partial charge in [0.2, 0.25) is 0 Å². The molecule has 0 saturated heterocycles. The van der Waals surface area contributed by atoms with E-state index in [0.29, 0.717) is 12.0 Å². The van der Waals surface area contributed by atoms with Gasteiger partial charge in [-0.2, -0.15) is 0 Å². The van der Waals surface area contributed by atoms with Crippen molar-refractivity contribution in [2.75, 3.05) is 0 Å². The molecule has 0 unspecified atom stereocenters. The second kappa shape index (κ2) is 6.14. The topological polar surface area (TPSA) is 57.2 Å². The number of fused-ring (bicyclic) bond motifs is 2. The summed E-state index contributed by atoms with van der Waals surface area (Å²) < 4.78 is 0. The van der Waals surface area contributed by atoms with Gasteiger partial charge in [-0.05, 0) is 42.5 Å². The Hall–Kier alpha value is -1.42. The fourth-order valence-corrected chi connectivity index (χ4v) is 2.71. The summed E-state index contributed by atoms with van der Waals surface area (Å²) in [4.78, 5) is 23.5. The van der Waals surface area contributed by atoms with E-state index in [1.807, 2.05) is 25.1 Å². The molecule has 0 amide bonds. The summed E-state index contributed by atoms with van der Waals surface area (Å²) in [7, 11) is 0. The summed E-state index contributed by atoms with van der Waals surface area (Å²) in [6.07, 6.45) is 1.41. The maximum atomic E-state index is 12.6. The Morgan fingerprint density at radius 1 is 1.00 bits per heavy atom. The fraction of sp³-hybridized carbons (Fsp3) is 0.176. The third-order valence-corrected chi connectivity index (χ3v) is 3.75. The summed E-state index contributed by atoms with van der Waals surface area (Å²) >= 11 is 0. The van der Waals surface area contributed by atoms with Gasteiger partial charge in [0.05, 0.1) is 5.97 Å². The van der Waals surface area contributed by atoms with Crippen molar-refractivity contribution in [3.8, 4) is 0 Å². The second-order valence-electron chi connectivity index (χ2n) is 5.15. The Labute approximate surface area is 145 Å². The van der Waals surface area contributed by atoms with Gasteiger partial charge in [-0.3, -0.25) is 4.79 Å². The number of carbonyl (C=O) groups is 2. The van der Waals surface area contributed by atoms with Crippen molar-refractivity contribution in [3.63, 3.8) is 0 Å². The van der Waals surface area contributed by atoms with E-state index in [1.165, 1.54) is 6.07 Å². The molecule has 0 saturated carbocycles. The number of benzene rings is 2. The molecule has 1 aliphatic rings. The average molecular weight is 288 g/mol. The quantitative estimate of drug-likeness (QED) is 0.612. The molecule has 0 spiro atoms. The van der Waals surface area contributed by atoms with E-state index in [2.05, 4.69) is 0 Å². The van der Waals surface area contributed by atoms with Crippen LogP contribution >= 0.6 is 0 Å². The van der Waals surface area contributed by atoms with Gasteiger partial charge in [0, 0.05) is 11.1 Å². The molecule has 0 fully saturated rings. The summed E-state index contributed by atoms with van der Waals surface area (Å²) in [5, 5.41) is 10.9. The van der Waals surface area contributed by atoms with Crippen LogP contribution in [0.4, 0.5) is 0 Å². The molecule has 3 rings (SSSR count). The van der Waals surface area contributed by atoms with Crippen LogP contribution in [0.2, 0.25) is 0 Å². The molecular formula is C17H13NaO3. The third kappa shape index (κ3) is 2.95. The van der Waals surface area contributed by atoms with E-state index in [9.17, 15) is 14.7 Å². The number of carboxylic acids is 1. The standard InChI is InChI=1S/C17H14O3.Na/c1-10-2-6-14-11(8-10)3-4-12-9-13(17(19)20)5-7-15(12)16(14)18;/h2,5-9H,3-4H2,1H3,(H,19,20);/q;+1/p-1. The molecule has 3 nitrogen and oxygen atoms in total. The number of aryl methyl sites for hydroxylation is 3. The SMILES string of the molecule is Cc1ccc2c(c1)CCc1cc(C(=O)[O-])ccc1C2=O.[Na+]. The van der Waals surface area contributed by atoms with Crippen molar-refractivity contribution < 1.29 is 44.3 Å². The van der Waals surface area contributed by atoms with Gasteiger partial charge in [-0.15, -0.1) is 0 Å². The van der Waals surface area contributed by atoms with Gasteiger partial charge >= 0.3 is 29.6 Å². The molecule has 0 bridgehead atoms. The van der Waals surface area contributed by atoms with Crippen molar-refractivity contribution in [3.05, 3.63) is 69.8 Å². The van der Waals surface area contributed by atoms with Crippen LogP contribution in [0.1, 0.15) is 43.0 Å². The molecule has 0 aromatic heterocycles. The maximum absolute atomic E-state index is 12.6. The minimum atomic E-state index is -1.21. The van der Waals surface area contributed by atoms with Crippen LogP contribution in [0.15, 0.2) is 36.4 Å². The van der Waals surface area contributed by atoms with Gasteiger partial charge in [-0.25, -0.2) is 0 Å². The molecule has 0 aliphatic heterocycles. The molecule has 1 aliphatic carbocycles. The smallest absolute Gasteiger partial charge is 0.545 e. The number of rotatable bonds is 1. The molecular weight excluding hydrogens is 275 g/mol. The van der Waals surface area contributed by atoms with E-state index in [-0.39, 0.29) is 40.9 Å². The third-order valence-electron chi connectivity index (χ3n) is 3.75. The Kier molecular flexibility index (Phi) is 4.67. The summed E-state index contributed by atoms with van der Waals surface area (Å²) in [5.41, 5.74) is 4.37. The zero-order valence-electron chi connectivity index (χ0n) is 12.1. The van der Waals surface area contributed by atoms with E-state index in [1.54, 1.807) is 12.1 Å². The van der Waals surface area contributed by atoms with Gasteiger partial charge in [0.25, 0.3) is 0 Å². The van der Waals surface area contributed by atoms with Crippen LogP contribution in [-0.4, -0.2) is 11.8 Å². The van der Waals surface area contributed by atoms with Gasteiger partial charge in [0.1, 0.15) is 0 Å². The van der Waals surface area contributed by atoms with Crippen molar-refractivity contribution in [1.82, 2.24) is 0 Å². The number of ketones is 1. The van der Waals surface area contributed by atoms with Crippen molar-refractivity contribution >= 4 is 11.8 Å². The largest absolute Gasteiger partial charge is 1.00 e. The predicted octanol–water partition coefficient (Wildman–Crippen LogP) is -1.31. The molecule has 0 heterocycles. The Bertz CT molecular complexity index is 735. The zero-order chi connectivity index (χ0) is 14.3. The minimum Gasteiger partial charge on any atom is -0.545 e. The molecule has 0 atom stereocenters. The van der Waals surface area contributed by atoms with Crippen molar-refractivity contribution in [2.45, 2.75) is 19.8 Å². The molecule has 0 radical (unpaired) electrons. The normalized spacial score (nSPS) is 12.7. The number of carboxylic acid groups (broad SMARTS) is 1. The fourth-order valence-electron chi connectivity index (χ4n) is 2.71. The number of aromatic carboxylic acids is 1. The van der Waals surface area contributed by atoms with Crippen LogP contribution < -0.4 is 34.7 Å². The van der Waals surface area contributed by atoms with E-state index >= 15 is 0 Å². The van der Waals surface area contributed by atoms with Crippen LogP contribution in [0, 0.1) is 6.92 Å². The average Bonchev–Trinajstić information content (AvgIpc) is 2.56. The molecule has 4 heteroatoms. The van der Waals surface area contributed by atoms with E-state index in [0.717, 1.165) is 28.7 Å². The molecule has 2 aromatic rings. The van der Waals surface area contributed by atoms with Gasteiger partial charge < -0.3 is 9.90 Å². The molecule has 2 aromatic carbocycles. The zero-order valence-corrected chi connectivity index (χ0v) is 14.1. The number of hydrogen-bond donors (Lipinski definition) is 0. The first-order valence-corrected chi connectivity index (χ1v) is 6.55. The summed E-state index contributed by atoms with van der Waals surface area (Å²) in [6.45, 7) is 2.00. The Balaban J connectivity index is 0.00000161. The van der Waals surface area contributed by atoms with Crippen LogP contribution in [0.3, 0.4) is 0 Å². The van der Waals surface area contributed by atoms with Gasteiger partial charge in [0.15, 0.2) is 5.78 Å².